The number of likely N-dealkylation sites (N-methyl/N-ethyl adjacent to an activating group) is 1. The summed E-state index contributed by atoms with van der Waals surface area (Å²) in [4.78, 5) is 16.6. The molecule has 0 aliphatic carbocycles. The summed E-state index contributed by atoms with van der Waals surface area (Å²) in [6.07, 6.45) is 2.64. The Kier molecular flexibility index (Phi) is 8.94. The Morgan fingerprint density at radius 2 is 1.93 bits per heavy atom. The molecule has 1 aromatic carbocycles. The number of hydrogen-bond donors (Lipinski definition) is 1. The van der Waals surface area contributed by atoms with E-state index in [2.05, 4.69) is 29.8 Å². The summed E-state index contributed by atoms with van der Waals surface area (Å²) < 4.78 is 5.95. The second kappa shape index (κ2) is 11.2. The van der Waals surface area contributed by atoms with Crippen molar-refractivity contribution in [1.82, 2.24) is 9.80 Å². The van der Waals surface area contributed by atoms with Gasteiger partial charge in [-0.2, -0.15) is 5.26 Å². The normalized spacial score (nSPS) is 18.6. The van der Waals surface area contributed by atoms with Gasteiger partial charge in [-0.05, 0) is 44.5 Å². The second-order valence-corrected chi connectivity index (χ2v) is 8.43. The summed E-state index contributed by atoms with van der Waals surface area (Å²) in [5, 5.41) is 9.32. The molecule has 1 aromatic rings. The van der Waals surface area contributed by atoms with Gasteiger partial charge in [-0.15, -0.1) is 0 Å². The number of rotatable bonds is 11. The number of piperazine rings is 1. The number of primary amides is 1. The van der Waals surface area contributed by atoms with Crippen molar-refractivity contribution in [1.29, 1.82) is 5.26 Å². The summed E-state index contributed by atoms with van der Waals surface area (Å²) in [6, 6.07) is 10.3. The Balaban J connectivity index is 2.03. The van der Waals surface area contributed by atoms with E-state index < -0.39 is 5.41 Å². The van der Waals surface area contributed by atoms with Crippen molar-refractivity contribution in [3.63, 3.8) is 0 Å². The minimum Gasteiger partial charge on any atom is -0.492 e. The van der Waals surface area contributed by atoms with Gasteiger partial charge in [0, 0.05) is 50.5 Å². The molecule has 1 aliphatic rings. The van der Waals surface area contributed by atoms with Gasteiger partial charge in [0.1, 0.15) is 12.4 Å². The summed E-state index contributed by atoms with van der Waals surface area (Å²) >= 11 is 0. The van der Waals surface area contributed by atoms with Gasteiger partial charge in [-0.3, -0.25) is 9.69 Å². The molecule has 1 aliphatic heterocycles. The van der Waals surface area contributed by atoms with Crippen LogP contribution in [0.1, 0.15) is 45.1 Å². The molecule has 0 spiro atoms. The number of ether oxygens (including phenoxy) is 1. The third-order valence-electron chi connectivity index (χ3n) is 5.90. The highest BCUT2D eigenvalue weighted by Gasteiger charge is 2.35. The molecule has 1 saturated heterocycles. The summed E-state index contributed by atoms with van der Waals surface area (Å²) in [5.41, 5.74) is 6.25. The van der Waals surface area contributed by atoms with Crippen LogP contribution in [0.4, 0.5) is 0 Å². The molecule has 0 aromatic heterocycles. The lowest BCUT2D eigenvalue weighted by atomic mass is 9.69. The van der Waals surface area contributed by atoms with Crippen molar-refractivity contribution in [2.24, 2.45) is 11.7 Å². The van der Waals surface area contributed by atoms with Crippen molar-refractivity contribution >= 4 is 5.91 Å². The van der Waals surface area contributed by atoms with Gasteiger partial charge in [-0.1, -0.05) is 25.5 Å². The van der Waals surface area contributed by atoms with Gasteiger partial charge in [0.2, 0.25) is 5.91 Å². The van der Waals surface area contributed by atoms with Crippen LogP contribution in [-0.4, -0.2) is 62.1 Å². The molecule has 6 heteroatoms. The average Bonchev–Trinajstić information content (AvgIpc) is 2.69. The number of carbonyl (C=O) groups excluding carboxylic acids is 1. The second-order valence-electron chi connectivity index (χ2n) is 8.43. The Hall–Kier alpha value is -2.10. The molecule has 2 N–H and O–H groups in total. The molecule has 0 saturated carbocycles. The van der Waals surface area contributed by atoms with Crippen molar-refractivity contribution in [2.75, 3.05) is 46.4 Å². The highest BCUT2D eigenvalue weighted by atomic mass is 16.5. The van der Waals surface area contributed by atoms with Crippen LogP contribution in [0.25, 0.3) is 0 Å². The first-order valence-electron chi connectivity index (χ1n) is 10.7. The van der Waals surface area contributed by atoms with Crippen LogP contribution < -0.4 is 10.5 Å². The number of hydrogen-bond acceptors (Lipinski definition) is 5. The third kappa shape index (κ3) is 7.02. The van der Waals surface area contributed by atoms with Crippen LogP contribution in [0, 0.1) is 17.2 Å². The molecule has 1 amide bonds. The first-order chi connectivity index (χ1) is 13.9. The van der Waals surface area contributed by atoms with Gasteiger partial charge in [0.15, 0.2) is 0 Å². The first kappa shape index (κ1) is 23.2. The third-order valence-corrected chi connectivity index (χ3v) is 5.90. The maximum atomic E-state index is 11.8. The van der Waals surface area contributed by atoms with E-state index in [9.17, 15) is 10.1 Å². The van der Waals surface area contributed by atoms with Gasteiger partial charge in [0.25, 0.3) is 0 Å². The Bertz CT molecular complexity index is 677. The fourth-order valence-corrected chi connectivity index (χ4v) is 4.34. The Morgan fingerprint density at radius 3 is 2.48 bits per heavy atom. The number of benzene rings is 1. The van der Waals surface area contributed by atoms with E-state index in [1.165, 1.54) is 0 Å². The highest BCUT2D eigenvalue weighted by Crippen LogP contribution is 2.39. The highest BCUT2D eigenvalue weighted by molar-refractivity contribution is 5.75. The molecular weight excluding hydrogens is 364 g/mol. The largest absolute Gasteiger partial charge is 0.492 e. The average molecular weight is 401 g/mol. The maximum absolute atomic E-state index is 11.8. The zero-order chi connectivity index (χ0) is 21.3. The van der Waals surface area contributed by atoms with Gasteiger partial charge >= 0.3 is 0 Å². The topological polar surface area (TPSA) is 82.6 Å². The number of carbonyl (C=O) groups is 1. The van der Waals surface area contributed by atoms with Crippen molar-refractivity contribution in [2.45, 2.75) is 44.9 Å². The molecule has 2 rings (SSSR count). The lowest BCUT2D eigenvalue weighted by Crippen LogP contribution is -2.45. The van der Waals surface area contributed by atoms with Crippen LogP contribution in [0.5, 0.6) is 5.75 Å². The standard InChI is InChI=1S/C23H36N4O2/c1-4-9-23(17-22(25)28,16-19(2)18-24)20-5-7-21(8-6-20)29-15-14-27-12-10-26(3)11-13-27/h5-8,19H,4,9-17H2,1-3H3,(H2,25,28). The zero-order valence-corrected chi connectivity index (χ0v) is 18.2. The van der Waals surface area contributed by atoms with Crippen molar-refractivity contribution in [3.8, 4) is 11.8 Å². The minimum atomic E-state index is -0.395. The fourth-order valence-electron chi connectivity index (χ4n) is 4.34. The summed E-state index contributed by atoms with van der Waals surface area (Å²) in [5.74, 6) is 0.372. The summed E-state index contributed by atoms with van der Waals surface area (Å²) in [7, 11) is 2.16. The SMILES string of the molecule is CCCC(CC(N)=O)(CC(C)C#N)c1ccc(OCCN2CCN(C)CC2)cc1. The van der Waals surface area contributed by atoms with Crippen LogP contribution in [-0.2, 0) is 10.2 Å². The van der Waals surface area contributed by atoms with E-state index in [0.29, 0.717) is 13.0 Å². The predicted octanol–water partition coefficient (Wildman–Crippen LogP) is 2.78. The molecule has 0 radical (unpaired) electrons. The molecular formula is C23H36N4O2. The quantitative estimate of drug-likeness (QED) is 0.618. The number of amides is 1. The maximum Gasteiger partial charge on any atom is 0.218 e. The molecule has 1 fully saturated rings. The molecule has 2 unspecified atom stereocenters. The van der Waals surface area contributed by atoms with E-state index >= 15 is 0 Å². The molecule has 2 atom stereocenters. The van der Waals surface area contributed by atoms with Gasteiger partial charge in [-0.25, -0.2) is 0 Å². The van der Waals surface area contributed by atoms with Gasteiger partial charge < -0.3 is 15.4 Å². The van der Waals surface area contributed by atoms with Crippen molar-refractivity contribution in [3.05, 3.63) is 29.8 Å². The molecule has 160 valence electrons. The van der Waals surface area contributed by atoms with E-state index in [0.717, 1.165) is 56.9 Å². The number of nitriles is 1. The zero-order valence-electron chi connectivity index (χ0n) is 18.2. The smallest absolute Gasteiger partial charge is 0.218 e. The lowest BCUT2D eigenvalue weighted by Gasteiger charge is -2.34. The molecule has 0 bridgehead atoms. The van der Waals surface area contributed by atoms with Crippen LogP contribution >= 0.6 is 0 Å². The van der Waals surface area contributed by atoms with E-state index in [4.69, 9.17) is 10.5 Å². The minimum absolute atomic E-state index is 0.139. The van der Waals surface area contributed by atoms with Crippen LogP contribution in [0.3, 0.4) is 0 Å². The van der Waals surface area contributed by atoms with Gasteiger partial charge in [0.05, 0.1) is 6.07 Å². The molecule has 1 heterocycles. The Labute approximate surface area is 175 Å². The Morgan fingerprint density at radius 1 is 1.28 bits per heavy atom. The van der Waals surface area contributed by atoms with Crippen LogP contribution in [0.2, 0.25) is 0 Å². The fraction of sp³-hybridized carbons (Fsp3) is 0.652. The van der Waals surface area contributed by atoms with E-state index in [1.807, 2.05) is 31.2 Å². The molecule has 29 heavy (non-hydrogen) atoms. The lowest BCUT2D eigenvalue weighted by molar-refractivity contribution is -0.119. The predicted molar refractivity (Wildman–Crippen MR) is 116 cm³/mol. The van der Waals surface area contributed by atoms with Crippen LogP contribution in [0.15, 0.2) is 24.3 Å². The first-order valence-corrected chi connectivity index (χ1v) is 10.7. The van der Waals surface area contributed by atoms with Crippen molar-refractivity contribution < 1.29 is 9.53 Å². The monoisotopic (exact) mass is 400 g/mol. The number of nitrogens with two attached hydrogens (primary N) is 1. The number of nitrogens with zero attached hydrogens (tertiary/aromatic N) is 3. The molecule has 6 nitrogen and oxygen atoms in total. The van der Waals surface area contributed by atoms with E-state index in [1.54, 1.807) is 0 Å². The van der Waals surface area contributed by atoms with E-state index in [-0.39, 0.29) is 18.2 Å². The summed E-state index contributed by atoms with van der Waals surface area (Å²) in [6.45, 7) is 9.98.